The van der Waals surface area contributed by atoms with Gasteiger partial charge in [0.25, 0.3) is 5.91 Å². The van der Waals surface area contributed by atoms with Gasteiger partial charge in [0.05, 0.1) is 6.20 Å². The largest absolute Gasteiger partial charge is 0.506 e. The molecule has 1 atom stereocenters. The van der Waals surface area contributed by atoms with E-state index in [0.717, 1.165) is 0 Å². The second kappa shape index (κ2) is 5.90. The Morgan fingerprint density at radius 1 is 1.55 bits per heavy atom. The van der Waals surface area contributed by atoms with Crippen LogP contribution < -0.4 is 0 Å². The molecule has 2 heterocycles. The summed E-state index contributed by atoms with van der Waals surface area (Å²) in [6.07, 6.45) is 1.74. The molecule has 1 aliphatic rings. The van der Waals surface area contributed by atoms with Crippen LogP contribution in [0, 0.1) is 5.92 Å². The number of likely N-dealkylation sites (tertiary alicyclic amines) is 1. The Hall–Kier alpha value is -2.11. The van der Waals surface area contributed by atoms with Crippen molar-refractivity contribution in [1.29, 1.82) is 0 Å². The molecule has 0 aliphatic carbocycles. The first-order valence-corrected chi connectivity index (χ1v) is 6.69. The van der Waals surface area contributed by atoms with Crippen LogP contribution in [0.2, 0.25) is 0 Å². The molecule has 6 heteroatoms. The van der Waals surface area contributed by atoms with Gasteiger partial charge >= 0.3 is 0 Å². The molecule has 1 aromatic rings. The number of nitrogens with zero attached hydrogens (tertiary/aromatic N) is 3. The molecule has 1 aromatic heterocycles. The highest BCUT2D eigenvalue weighted by molar-refractivity contribution is 5.92. The van der Waals surface area contributed by atoms with Crippen molar-refractivity contribution in [1.82, 2.24) is 14.8 Å². The van der Waals surface area contributed by atoms with Crippen molar-refractivity contribution in [3.63, 3.8) is 0 Å². The van der Waals surface area contributed by atoms with E-state index >= 15 is 0 Å². The lowest BCUT2D eigenvalue weighted by molar-refractivity contribution is -0.127. The number of aromatic hydroxyl groups is 1. The maximum absolute atomic E-state index is 12.2. The van der Waals surface area contributed by atoms with E-state index in [0.29, 0.717) is 31.7 Å². The molecule has 0 saturated carbocycles. The molecule has 1 aliphatic heterocycles. The standard InChI is InChI=1S/C14H19N3O3/c1-3-17-9-10(6-13(17)19)8-16(2)14(20)12-5-4-11(18)7-15-12/h4-5,7,10,18H,3,6,8-9H2,1-2H3. The van der Waals surface area contributed by atoms with Gasteiger partial charge in [0.1, 0.15) is 11.4 Å². The van der Waals surface area contributed by atoms with Gasteiger partial charge in [-0.1, -0.05) is 0 Å². The van der Waals surface area contributed by atoms with E-state index in [4.69, 9.17) is 5.11 Å². The Morgan fingerprint density at radius 3 is 2.85 bits per heavy atom. The zero-order valence-electron chi connectivity index (χ0n) is 11.7. The highest BCUT2D eigenvalue weighted by Crippen LogP contribution is 2.19. The van der Waals surface area contributed by atoms with Crippen LogP contribution in [-0.2, 0) is 4.79 Å². The van der Waals surface area contributed by atoms with Crippen molar-refractivity contribution < 1.29 is 14.7 Å². The third kappa shape index (κ3) is 3.07. The third-order valence-corrected chi connectivity index (χ3v) is 3.52. The summed E-state index contributed by atoms with van der Waals surface area (Å²) in [4.78, 5) is 31.1. The topological polar surface area (TPSA) is 73.7 Å². The molecule has 1 N–H and O–H groups in total. The molecule has 0 radical (unpaired) electrons. The van der Waals surface area contributed by atoms with Crippen LogP contribution in [0.3, 0.4) is 0 Å². The second-order valence-electron chi connectivity index (χ2n) is 5.09. The van der Waals surface area contributed by atoms with Crippen molar-refractivity contribution in [3.8, 4) is 5.75 Å². The Morgan fingerprint density at radius 2 is 2.30 bits per heavy atom. The molecule has 0 spiro atoms. The number of rotatable bonds is 4. The fraction of sp³-hybridized carbons (Fsp3) is 0.500. The van der Waals surface area contributed by atoms with Gasteiger partial charge in [0.2, 0.25) is 5.91 Å². The molecular formula is C14H19N3O3. The number of hydrogen-bond donors (Lipinski definition) is 1. The van der Waals surface area contributed by atoms with Crippen molar-refractivity contribution in [2.24, 2.45) is 5.92 Å². The minimum Gasteiger partial charge on any atom is -0.506 e. The van der Waals surface area contributed by atoms with E-state index < -0.39 is 0 Å². The summed E-state index contributed by atoms with van der Waals surface area (Å²) in [5.74, 6) is 0.159. The van der Waals surface area contributed by atoms with Gasteiger partial charge in [0, 0.05) is 39.0 Å². The number of aromatic nitrogens is 1. The first-order chi connectivity index (χ1) is 9.51. The highest BCUT2D eigenvalue weighted by atomic mass is 16.3. The van der Waals surface area contributed by atoms with E-state index in [2.05, 4.69) is 4.98 Å². The van der Waals surface area contributed by atoms with Gasteiger partial charge in [-0.05, 0) is 19.1 Å². The monoisotopic (exact) mass is 277 g/mol. The highest BCUT2D eigenvalue weighted by Gasteiger charge is 2.30. The number of carbonyl (C=O) groups excluding carboxylic acids is 2. The maximum Gasteiger partial charge on any atom is 0.272 e. The number of pyridine rings is 1. The van der Waals surface area contributed by atoms with Crippen LogP contribution >= 0.6 is 0 Å². The fourth-order valence-corrected chi connectivity index (χ4v) is 2.46. The van der Waals surface area contributed by atoms with Gasteiger partial charge in [-0.3, -0.25) is 9.59 Å². The minimum absolute atomic E-state index is 0.0316. The second-order valence-corrected chi connectivity index (χ2v) is 5.09. The quantitative estimate of drug-likeness (QED) is 0.880. The van der Waals surface area contributed by atoms with Crippen LogP contribution in [0.4, 0.5) is 0 Å². The third-order valence-electron chi connectivity index (χ3n) is 3.52. The van der Waals surface area contributed by atoms with Gasteiger partial charge in [-0.15, -0.1) is 0 Å². The minimum atomic E-state index is -0.201. The summed E-state index contributed by atoms with van der Waals surface area (Å²) < 4.78 is 0. The zero-order valence-corrected chi connectivity index (χ0v) is 11.7. The van der Waals surface area contributed by atoms with Crippen molar-refractivity contribution in [2.75, 3.05) is 26.7 Å². The first-order valence-electron chi connectivity index (χ1n) is 6.69. The summed E-state index contributed by atoms with van der Waals surface area (Å²) in [6, 6.07) is 2.93. The van der Waals surface area contributed by atoms with E-state index in [1.165, 1.54) is 18.3 Å². The summed E-state index contributed by atoms with van der Waals surface area (Å²) in [6.45, 7) is 3.90. The van der Waals surface area contributed by atoms with Crippen LogP contribution in [0.25, 0.3) is 0 Å². The maximum atomic E-state index is 12.2. The van der Waals surface area contributed by atoms with E-state index in [-0.39, 0.29) is 23.5 Å². The number of amides is 2. The molecule has 20 heavy (non-hydrogen) atoms. The van der Waals surface area contributed by atoms with E-state index in [9.17, 15) is 9.59 Å². The van der Waals surface area contributed by atoms with Gasteiger partial charge in [0.15, 0.2) is 0 Å². The smallest absolute Gasteiger partial charge is 0.272 e. The SMILES string of the molecule is CCN1CC(CN(C)C(=O)c2ccc(O)cn2)CC1=O. The Kier molecular flexibility index (Phi) is 4.22. The lowest BCUT2D eigenvalue weighted by atomic mass is 10.1. The summed E-state index contributed by atoms with van der Waals surface area (Å²) >= 11 is 0. The molecule has 1 unspecified atom stereocenters. The molecule has 0 bridgehead atoms. The van der Waals surface area contributed by atoms with E-state index in [1.807, 2.05) is 11.8 Å². The molecule has 2 amide bonds. The van der Waals surface area contributed by atoms with Gasteiger partial charge < -0.3 is 14.9 Å². The first kappa shape index (κ1) is 14.3. The lowest BCUT2D eigenvalue weighted by Gasteiger charge is -2.21. The number of carbonyl (C=O) groups is 2. The van der Waals surface area contributed by atoms with Crippen LogP contribution in [-0.4, -0.2) is 58.4 Å². The Balaban J connectivity index is 1.95. The predicted octanol–water partition coefficient (Wildman–Crippen LogP) is 0.728. The fourth-order valence-electron chi connectivity index (χ4n) is 2.46. The van der Waals surface area contributed by atoms with Crippen LogP contribution in [0.15, 0.2) is 18.3 Å². The summed E-state index contributed by atoms with van der Waals surface area (Å²) in [5, 5.41) is 9.16. The average molecular weight is 277 g/mol. The number of hydrogen-bond acceptors (Lipinski definition) is 4. The average Bonchev–Trinajstić information content (AvgIpc) is 2.78. The van der Waals surface area contributed by atoms with Crippen LogP contribution in [0.5, 0.6) is 5.75 Å². The van der Waals surface area contributed by atoms with E-state index in [1.54, 1.807) is 11.9 Å². The Labute approximate surface area is 118 Å². The van der Waals surface area contributed by atoms with Crippen molar-refractivity contribution in [3.05, 3.63) is 24.0 Å². The molecule has 6 nitrogen and oxygen atoms in total. The van der Waals surface area contributed by atoms with Gasteiger partial charge in [-0.25, -0.2) is 4.98 Å². The van der Waals surface area contributed by atoms with Crippen molar-refractivity contribution >= 4 is 11.8 Å². The summed E-state index contributed by atoms with van der Waals surface area (Å²) in [7, 11) is 1.70. The normalized spacial score (nSPS) is 18.4. The zero-order chi connectivity index (χ0) is 14.7. The molecule has 1 saturated heterocycles. The molecule has 2 rings (SSSR count). The Bertz CT molecular complexity index is 501. The molecule has 1 fully saturated rings. The lowest BCUT2D eigenvalue weighted by Crippen LogP contribution is -2.33. The molecule has 0 aromatic carbocycles. The van der Waals surface area contributed by atoms with Crippen LogP contribution in [0.1, 0.15) is 23.8 Å². The summed E-state index contributed by atoms with van der Waals surface area (Å²) in [5.41, 5.74) is 0.293. The van der Waals surface area contributed by atoms with Gasteiger partial charge in [-0.2, -0.15) is 0 Å². The molecule has 108 valence electrons. The predicted molar refractivity (Wildman–Crippen MR) is 73.2 cm³/mol. The molecular weight excluding hydrogens is 258 g/mol. The van der Waals surface area contributed by atoms with Crippen molar-refractivity contribution in [2.45, 2.75) is 13.3 Å².